The Morgan fingerprint density at radius 1 is 1.23 bits per heavy atom. The van der Waals surface area contributed by atoms with E-state index in [1.807, 2.05) is 0 Å². The Morgan fingerprint density at radius 3 is 3.08 bits per heavy atom. The Kier molecular flexibility index (Phi) is 1.56. The van der Waals surface area contributed by atoms with E-state index in [0.29, 0.717) is 5.15 Å². The third-order valence-electron chi connectivity index (χ3n) is 1.82. The van der Waals surface area contributed by atoms with Crippen molar-refractivity contribution in [3.8, 4) is 0 Å². The monoisotopic (exact) mass is 226 g/mol. The highest BCUT2D eigenvalue weighted by atomic mass is 35.5. The van der Waals surface area contributed by atoms with E-state index in [-0.39, 0.29) is 0 Å². The molecule has 0 aliphatic rings. The van der Waals surface area contributed by atoms with Crippen LogP contribution in [-0.4, -0.2) is 9.97 Å². The average Bonchev–Trinajstić information content (AvgIpc) is 2.65. The molecule has 0 radical (unpaired) electrons. The molecular formula is C8H3ClN2S2. The zero-order valence-electron chi connectivity index (χ0n) is 6.32. The molecule has 0 bridgehead atoms. The van der Waals surface area contributed by atoms with Crippen LogP contribution in [0, 0.1) is 0 Å². The molecule has 0 saturated carbocycles. The quantitative estimate of drug-likeness (QED) is 0.548. The third-order valence-corrected chi connectivity index (χ3v) is 4.42. The molecule has 5 heteroatoms. The van der Waals surface area contributed by atoms with Crippen molar-refractivity contribution in [2.45, 2.75) is 0 Å². The van der Waals surface area contributed by atoms with Gasteiger partial charge in [-0.15, -0.1) is 22.7 Å². The highest BCUT2D eigenvalue weighted by Gasteiger charge is 2.09. The predicted molar refractivity (Wildman–Crippen MR) is 57.8 cm³/mol. The third kappa shape index (κ3) is 0.995. The van der Waals surface area contributed by atoms with E-state index in [4.69, 9.17) is 11.6 Å². The molecule has 3 heterocycles. The van der Waals surface area contributed by atoms with Crippen molar-refractivity contribution in [3.05, 3.63) is 22.9 Å². The second-order valence-electron chi connectivity index (χ2n) is 2.56. The van der Waals surface area contributed by atoms with E-state index in [9.17, 15) is 0 Å². The standard InChI is InChI=1S/C8H3ClN2S2/c9-8-7-5(10-3-11-8)6-4(13-7)1-2-12-6/h1-3H. The number of fused-ring (bicyclic) bond motifs is 3. The van der Waals surface area contributed by atoms with E-state index >= 15 is 0 Å². The van der Waals surface area contributed by atoms with Gasteiger partial charge in [0, 0.05) is 4.70 Å². The number of thiophene rings is 2. The Labute approximate surface area is 86.8 Å². The summed E-state index contributed by atoms with van der Waals surface area (Å²) in [6.07, 6.45) is 1.51. The van der Waals surface area contributed by atoms with Gasteiger partial charge in [-0.2, -0.15) is 0 Å². The van der Waals surface area contributed by atoms with Gasteiger partial charge in [0.05, 0.1) is 9.40 Å². The number of nitrogens with zero attached hydrogens (tertiary/aromatic N) is 2. The van der Waals surface area contributed by atoms with E-state index in [0.717, 1.165) is 10.2 Å². The first-order chi connectivity index (χ1) is 6.36. The van der Waals surface area contributed by atoms with E-state index in [2.05, 4.69) is 21.4 Å². The van der Waals surface area contributed by atoms with Crippen LogP contribution in [0.25, 0.3) is 19.6 Å². The molecule has 0 unspecified atom stereocenters. The van der Waals surface area contributed by atoms with Crippen LogP contribution in [0.15, 0.2) is 17.8 Å². The van der Waals surface area contributed by atoms with Crippen molar-refractivity contribution in [3.63, 3.8) is 0 Å². The van der Waals surface area contributed by atoms with Gasteiger partial charge in [-0.05, 0) is 11.4 Å². The zero-order valence-corrected chi connectivity index (χ0v) is 8.71. The fourth-order valence-corrected chi connectivity index (χ4v) is 3.66. The maximum Gasteiger partial charge on any atom is 0.150 e. The maximum absolute atomic E-state index is 5.95. The van der Waals surface area contributed by atoms with Gasteiger partial charge in [0.15, 0.2) is 0 Å². The second-order valence-corrected chi connectivity index (χ2v) is 4.88. The van der Waals surface area contributed by atoms with Gasteiger partial charge in [-0.3, -0.25) is 0 Å². The molecule has 0 saturated heterocycles. The first kappa shape index (κ1) is 7.67. The zero-order chi connectivity index (χ0) is 8.84. The number of hydrogen-bond donors (Lipinski definition) is 0. The average molecular weight is 227 g/mol. The molecule has 0 amide bonds. The Hall–Kier alpha value is -0.710. The van der Waals surface area contributed by atoms with Crippen LogP contribution in [0.5, 0.6) is 0 Å². The normalized spacial score (nSPS) is 11.5. The summed E-state index contributed by atoms with van der Waals surface area (Å²) >= 11 is 9.29. The summed E-state index contributed by atoms with van der Waals surface area (Å²) in [5, 5.41) is 2.62. The maximum atomic E-state index is 5.95. The topological polar surface area (TPSA) is 25.8 Å². The molecule has 0 N–H and O–H groups in total. The summed E-state index contributed by atoms with van der Waals surface area (Å²) in [7, 11) is 0. The number of hydrogen-bond acceptors (Lipinski definition) is 4. The second kappa shape index (κ2) is 2.64. The van der Waals surface area contributed by atoms with E-state index in [1.54, 1.807) is 22.7 Å². The predicted octanol–water partition coefficient (Wildman–Crippen LogP) is 3.56. The molecule has 0 aliphatic heterocycles. The Morgan fingerprint density at radius 2 is 2.15 bits per heavy atom. The molecule has 0 fully saturated rings. The van der Waals surface area contributed by atoms with Crippen molar-refractivity contribution in [1.82, 2.24) is 9.97 Å². The van der Waals surface area contributed by atoms with Gasteiger partial charge in [0.25, 0.3) is 0 Å². The Balaban J connectivity index is 2.66. The number of aromatic nitrogens is 2. The van der Waals surface area contributed by atoms with Crippen LogP contribution < -0.4 is 0 Å². The summed E-state index contributed by atoms with van der Waals surface area (Å²) < 4.78 is 3.44. The lowest BCUT2D eigenvalue weighted by Gasteiger charge is -1.88. The molecule has 0 atom stereocenters. The fraction of sp³-hybridized carbons (Fsp3) is 0. The van der Waals surface area contributed by atoms with Crippen LogP contribution >= 0.6 is 34.3 Å². The van der Waals surface area contributed by atoms with Crippen LogP contribution in [-0.2, 0) is 0 Å². The van der Waals surface area contributed by atoms with Crippen LogP contribution in [0.1, 0.15) is 0 Å². The summed E-state index contributed by atoms with van der Waals surface area (Å²) in [5.41, 5.74) is 0.981. The highest BCUT2D eigenvalue weighted by molar-refractivity contribution is 7.32. The fourth-order valence-electron chi connectivity index (χ4n) is 1.26. The summed E-state index contributed by atoms with van der Waals surface area (Å²) in [5.74, 6) is 0. The van der Waals surface area contributed by atoms with Gasteiger partial charge >= 0.3 is 0 Å². The van der Waals surface area contributed by atoms with Crippen LogP contribution in [0.3, 0.4) is 0 Å². The van der Waals surface area contributed by atoms with Gasteiger partial charge in [-0.25, -0.2) is 9.97 Å². The minimum Gasteiger partial charge on any atom is -0.234 e. The minimum absolute atomic E-state index is 0.554. The highest BCUT2D eigenvalue weighted by Crippen LogP contribution is 2.38. The Bertz CT molecular complexity index is 584. The lowest BCUT2D eigenvalue weighted by Crippen LogP contribution is -1.77. The van der Waals surface area contributed by atoms with Gasteiger partial charge in [-0.1, -0.05) is 11.6 Å². The van der Waals surface area contributed by atoms with E-state index < -0.39 is 0 Å². The number of rotatable bonds is 0. The summed E-state index contributed by atoms with van der Waals surface area (Å²) in [4.78, 5) is 8.18. The molecule has 0 spiro atoms. The van der Waals surface area contributed by atoms with Crippen molar-refractivity contribution in [2.75, 3.05) is 0 Å². The van der Waals surface area contributed by atoms with Crippen molar-refractivity contribution in [1.29, 1.82) is 0 Å². The first-order valence-electron chi connectivity index (χ1n) is 3.62. The molecule has 3 aromatic heterocycles. The van der Waals surface area contributed by atoms with Crippen LogP contribution in [0.2, 0.25) is 5.15 Å². The first-order valence-corrected chi connectivity index (χ1v) is 5.70. The molecule has 3 rings (SSSR count). The van der Waals surface area contributed by atoms with Crippen LogP contribution in [0.4, 0.5) is 0 Å². The van der Waals surface area contributed by atoms with E-state index in [1.165, 1.54) is 15.7 Å². The van der Waals surface area contributed by atoms with Gasteiger partial charge in [0.1, 0.15) is 17.0 Å². The summed E-state index contributed by atoms with van der Waals surface area (Å²) in [6, 6.07) is 2.09. The molecule has 3 aromatic rings. The van der Waals surface area contributed by atoms with Gasteiger partial charge in [0.2, 0.25) is 0 Å². The molecular weight excluding hydrogens is 224 g/mol. The molecule has 64 valence electrons. The molecule has 0 aromatic carbocycles. The smallest absolute Gasteiger partial charge is 0.150 e. The lowest BCUT2D eigenvalue weighted by atomic mass is 10.4. The van der Waals surface area contributed by atoms with Crippen molar-refractivity contribution < 1.29 is 0 Å². The van der Waals surface area contributed by atoms with Crippen molar-refractivity contribution >= 4 is 53.9 Å². The molecule has 2 nitrogen and oxygen atoms in total. The van der Waals surface area contributed by atoms with Crippen molar-refractivity contribution in [2.24, 2.45) is 0 Å². The number of halogens is 1. The van der Waals surface area contributed by atoms with Gasteiger partial charge < -0.3 is 0 Å². The lowest BCUT2D eigenvalue weighted by molar-refractivity contribution is 1.23. The molecule has 13 heavy (non-hydrogen) atoms. The summed E-state index contributed by atoms with van der Waals surface area (Å²) in [6.45, 7) is 0. The minimum atomic E-state index is 0.554. The molecule has 0 aliphatic carbocycles. The SMILES string of the molecule is Clc1ncnc2c1sc1ccsc12. The largest absolute Gasteiger partial charge is 0.234 e.